The largest absolute Gasteiger partial charge is 0.348 e. The number of piperidine rings is 1. The fourth-order valence-corrected chi connectivity index (χ4v) is 5.47. The summed E-state index contributed by atoms with van der Waals surface area (Å²) < 4.78 is 0. The number of terminal acetylenes is 1. The summed E-state index contributed by atoms with van der Waals surface area (Å²) in [5.74, 6) is 1.84. The van der Waals surface area contributed by atoms with Gasteiger partial charge in [0, 0.05) is 33.6 Å². The van der Waals surface area contributed by atoms with Gasteiger partial charge in [0.05, 0.1) is 6.04 Å². The van der Waals surface area contributed by atoms with E-state index < -0.39 is 17.4 Å². The Balaban J connectivity index is 1.81. The molecule has 2 N–H and O–H groups in total. The Morgan fingerprint density at radius 2 is 1.69 bits per heavy atom. The second-order valence-electron chi connectivity index (χ2n) is 8.10. The average molecular weight is 461 g/mol. The molecule has 0 unspecified atom stereocenters. The highest BCUT2D eigenvalue weighted by Crippen LogP contribution is 2.57. The smallest absolute Gasteiger partial charge is 0.238 e. The number of anilines is 1. The Kier molecular flexibility index (Phi) is 4.97. The van der Waals surface area contributed by atoms with E-state index in [0.29, 0.717) is 21.3 Å². The van der Waals surface area contributed by atoms with Crippen LogP contribution in [0.5, 0.6) is 0 Å². The van der Waals surface area contributed by atoms with Crippen molar-refractivity contribution in [1.29, 1.82) is 0 Å². The van der Waals surface area contributed by atoms with Crippen molar-refractivity contribution in [1.82, 2.24) is 5.32 Å². The third-order valence-electron chi connectivity index (χ3n) is 6.39. The minimum Gasteiger partial charge on any atom is -0.348 e. The van der Waals surface area contributed by atoms with Crippen LogP contribution < -0.4 is 10.6 Å². The highest BCUT2D eigenvalue weighted by molar-refractivity contribution is 6.31. The molecule has 2 amide bonds. The number of hydrogen-bond acceptors (Lipinski definition) is 2. The fourth-order valence-electron chi connectivity index (χ4n) is 5.10. The Labute approximate surface area is 195 Å². The summed E-state index contributed by atoms with van der Waals surface area (Å²) >= 11 is 12.5. The molecule has 0 aliphatic carbocycles. The van der Waals surface area contributed by atoms with Crippen LogP contribution in [-0.2, 0) is 15.0 Å². The molecular weight excluding hydrogens is 443 g/mol. The SMILES string of the molecule is C#Cc1cccc([C@H]2NC(=O)C[C@@H](c3cccc(Cl)c3)[C@]23C(=O)Nc2cc(Cl)ccc23)c1. The lowest BCUT2D eigenvalue weighted by Gasteiger charge is -2.46. The summed E-state index contributed by atoms with van der Waals surface area (Å²) in [6.07, 6.45) is 5.77. The first-order valence-corrected chi connectivity index (χ1v) is 10.9. The van der Waals surface area contributed by atoms with Crippen LogP contribution in [0.3, 0.4) is 0 Å². The molecule has 3 aromatic carbocycles. The monoisotopic (exact) mass is 460 g/mol. The summed E-state index contributed by atoms with van der Waals surface area (Å²) in [6.45, 7) is 0. The molecule has 3 aromatic rings. The number of nitrogens with one attached hydrogen (secondary N) is 2. The summed E-state index contributed by atoms with van der Waals surface area (Å²) in [7, 11) is 0. The second kappa shape index (κ2) is 7.70. The maximum atomic E-state index is 13.9. The Morgan fingerprint density at radius 3 is 2.47 bits per heavy atom. The molecule has 5 rings (SSSR count). The molecule has 1 fully saturated rings. The Hall–Kier alpha value is -3.26. The number of benzene rings is 3. The van der Waals surface area contributed by atoms with Crippen LogP contribution in [0.2, 0.25) is 10.0 Å². The molecule has 6 heteroatoms. The fraction of sp³-hybridized carbons (Fsp3) is 0.154. The lowest BCUT2D eigenvalue weighted by atomic mass is 9.59. The van der Waals surface area contributed by atoms with Crippen LogP contribution in [0.25, 0.3) is 0 Å². The predicted molar refractivity (Wildman–Crippen MR) is 126 cm³/mol. The minimum absolute atomic E-state index is 0.140. The lowest BCUT2D eigenvalue weighted by molar-refractivity contribution is -0.131. The zero-order chi connectivity index (χ0) is 22.5. The third kappa shape index (κ3) is 3.09. The van der Waals surface area contributed by atoms with Gasteiger partial charge in [-0.3, -0.25) is 9.59 Å². The van der Waals surface area contributed by atoms with Gasteiger partial charge in [0.25, 0.3) is 0 Å². The molecule has 0 saturated carbocycles. The van der Waals surface area contributed by atoms with Gasteiger partial charge in [-0.1, -0.05) is 59.5 Å². The van der Waals surface area contributed by atoms with E-state index in [-0.39, 0.29) is 18.2 Å². The van der Waals surface area contributed by atoms with Crippen molar-refractivity contribution in [3.8, 4) is 12.3 Å². The first-order valence-electron chi connectivity index (χ1n) is 10.2. The maximum Gasteiger partial charge on any atom is 0.238 e. The number of carbonyl (C=O) groups excluding carboxylic acids is 2. The topological polar surface area (TPSA) is 58.2 Å². The van der Waals surface area contributed by atoms with Crippen LogP contribution >= 0.6 is 23.2 Å². The first-order chi connectivity index (χ1) is 15.4. The summed E-state index contributed by atoms with van der Waals surface area (Å²) in [5, 5.41) is 7.16. The highest BCUT2D eigenvalue weighted by atomic mass is 35.5. The molecule has 4 nitrogen and oxygen atoms in total. The van der Waals surface area contributed by atoms with Crippen LogP contribution in [0.15, 0.2) is 66.7 Å². The number of fused-ring (bicyclic) bond motifs is 2. The molecule has 0 bridgehead atoms. The van der Waals surface area contributed by atoms with Crippen LogP contribution in [-0.4, -0.2) is 11.8 Å². The molecule has 3 atom stereocenters. The number of halogens is 2. The van der Waals surface area contributed by atoms with Crippen molar-refractivity contribution in [2.24, 2.45) is 0 Å². The van der Waals surface area contributed by atoms with Gasteiger partial charge < -0.3 is 10.6 Å². The average Bonchev–Trinajstić information content (AvgIpc) is 3.06. The first kappa shape index (κ1) is 20.6. The van der Waals surface area contributed by atoms with E-state index in [4.69, 9.17) is 29.6 Å². The molecular formula is C26H18Cl2N2O2. The molecule has 2 aliphatic heterocycles. The van der Waals surface area contributed by atoms with Crippen molar-refractivity contribution in [2.75, 3.05) is 5.32 Å². The minimum atomic E-state index is -1.11. The number of carbonyl (C=O) groups is 2. The van der Waals surface area contributed by atoms with Crippen molar-refractivity contribution in [3.05, 3.63) is 99.0 Å². The second-order valence-corrected chi connectivity index (χ2v) is 8.97. The van der Waals surface area contributed by atoms with Crippen molar-refractivity contribution in [2.45, 2.75) is 23.8 Å². The summed E-state index contributed by atoms with van der Waals surface area (Å²) in [4.78, 5) is 26.8. The van der Waals surface area contributed by atoms with Crippen LogP contribution in [0.1, 0.15) is 40.6 Å². The quantitative estimate of drug-likeness (QED) is 0.515. The number of rotatable bonds is 2. The maximum absolute atomic E-state index is 13.9. The van der Waals surface area contributed by atoms with E-state index in [1.54, 1.807) is 18.2 Å². The number of hydrogen-bond donors (Lipinski definition) is 2. The predicted octanol–water partition coefficient (Wildman–Crippen LogP) is 5.21. The summed E-state index contributed by atoms with van der Waals surface area (Å²) in [5.41, 5.74) is 2.58. The van der Waals surface area contributed by atoms with E-state index in [0.717, 1.165) is 16.7 Å². The highest BCUT2D eigenvalue weighted by Gasteiger charge is 2.61. The third-order valence-corrected chi connectivity index (χ3v) is 6.86. The molecule has 1 saturated heterocycles. The van der Waals surface area contributed by atoms with Gasteiger partial charge in [0.2, 0.25) is 11.8 Å². The Bertz CT molecular complexity index is 1310. The van der Waals surface area contributed by atoms with Gasteiger partial charge in [-0.15, -0.1) is 6.42 Å². The normalized spacial score (nSPS) is 23.9. The van der Waals surface area contributed by atoms with Gasteiger partial charge in [-0.25, -0.2) is 0 Å². The molecule has 2 heterocycles. The van der Waals surface area contributed by atoms with Gasteiger partial charge in [0.15, 0.2) is 0 Å². The van der Waals surface area contributed by atoms with Crippen LogP contribution in [0, 0.1) is 12.3 Å². The van der Waals surface area contributed by atoms with Gasteiger partial charge in [-0.05, 0) is 53.1 Å². The Morgan fingerprint density at radius 1 is 0.938 bits per heavy atom. The van der Waals surface area contributed by atoms with Crippen molar-refractivity contribution in [3.63, 3.8) is 0 Å². The van der Waals surface area contributed by atoms with Crippen molar-refractivity contribution < 1.29 is 9.59 Å². The molecule has 158 valence electrons. The number of amides is 2. The van der Waals surface area contributed by atoms with Gasteiger partial charge in [0.1, 0.15) is 5.41 Å². The standard InChI is InChI=1S/C26H18Cl2N2O2/c1-2-15-5-3-7-17(11-15)24-26(20-10-9-19(28)13-22(20)29-25(26)32)21(14-23(31)30-24)16-6-4-8-18(27)12-16/h1,3-13,21,24H,14H2,(H,29,32)(H,30,31)/t21-,24+,26-/m0/s1. The van der Waals surface area contributed by atoms with E-state index in [1.807, 2.05) is 48.5 Å². The van der Waals surface area contributed by atoms with E-state index in [9.17, 15) is 9.59 Å². The molecule has 32 heavy (non-hydrogen) atoms. The molecule has 1 spiro atoms. The van der Waals surface area contributed by atoms with E-state index in [2.05, 4.69) is 16.6 Å². The van der Waals surface area contributed by atoms with Gasteiger partial charge in [-0.2, -0.15) is 0 Å². The summed E-state index contributed by atoms with van der Waals surface area (Å²) in [6, 6.07) is 19.5. The zero-order valence-electron chi connectivity index (χ0n) is 16.9. The lowest BCUT2D eigenvalue weighted by Crippen LogP contribution is -2.56. The van der Waals surface area contributed by atoms with Crippen molar-refractivity contribution >= 4 is 40.7 Å². The van der Waals surface area contributed by atoms with Crippen LogP contribution in [0.4, 0.5) is 5.69 Å². The molecule has 2 aliphatic rings. The van der Waals surface area contributed by atoms with Gasteiger partial charge >= 0.3 is 0 Å². The molecule has 0 radical (unpaired) electrons. The van der Waals surface area contributed by atoms with E-state index >= 15 is 0 Å². The molecule has 0 aromatic heterocycles. The zero-order valence-corrected chi connectivity index (χ0v) is 18.4. The van der Waals surface area contributed by atoms with E-state index in [1.165, 1.54) is 0 Å².